The van der Waals surface area contributed by atoms with Crippen molar-refractivity contribution in [2.75, 3.05) is 0 Å². The van der Waals surface area contributed by atoms with Crippen LogP contribution in [0.2, 0.25) is 0 Å². The molecule has 1 aromatic carbocycles. The van der Waals surface area contributed by atoms with Crippen molar-refractivity contribution in [3.05, 3.63) is 35.9 Å². The number of nitrogens with one attached hydrogen (secondary N) is 1. The van der Waals surface area contributed by atoms with Gasteiger partial charge in [-0.15, -0.1) is 0 Å². The Bertz CT molecular complexity index is 422. The monoisotopic (exact) mass is 252 g/mol. The van der Waals surface area contributed by atoms with E-state index in [2.05, 4.69) is 5.32 Å². The second kappa shape index (κ2) is 5.53. The molecule has 0 saturated carbocycles. The Morgan fingerprint density at radius 2 is 1.78 bits per heavy atom. The highest BCUT2D eigenvalue weighted by atomic mass is 16.6. The van der Waals surface area contributed by atoms with Crippen molar-refractivity contribution in [3.8, 4) is 0 Å². The van der Waals surface area contributed by atoms with Crippen LogP contribution in [-0.4, -0.2) is 22.8 Å². The van der Waals surface area contributed by atoms with E-state index in [1.807, 2.05) is 0 Å². The van der Waals surface area contributed by atoms with Gasteiger partial charge in [0.25, 0.3) is 0 Å². The summed E-state index contributed by atoms with van der Waals surface area (Å²) in [6.07, 6.45) is -0.711. The Morgan fingerprint density at radius 1 is 1.22 bits per heavy atom. The topological polar surface area (TPSA) is 78.3 Å². The van der Waals surface area contributed by atoms with Crippen LogP contribution in [0.25, 0.3) is 0 Å². The number of amides is 1. The van der Waals surface area contributed by atoms with Crippen LogP contribution in [0.1, 0.15) is 32.4 Å². The molecule has 1 rings (SSSR count). The highest BCUT2D eigenvalue weighted by Crippen LogP contribution is 2.14. The second-order valence-corrected chi connectivity index (χ2v) is 4.85. The van der Waals surface area contributed by atoms with Crippen molar-refractivity contribution in [2.45, 2.75) is 32.4 Å². The summed E-state index contributed by atoms with van der Waals surface area (Å²) in [4.78, 5) is 22.8. The lowest BCUT2D eigenvalue weighted by molar-refractivity contribution is -0.139. The van der Waals surface area contributed by atoms with E-state index < -0.39 is 23.7 Å². The van der Waals surface area contributed by atoms with Crippen LogP contribution in [-0.2, 0) is 9.53 Å². The van der Waals surface area contributed by atoms with E-state index in [0.29, 0.717) is 5.56 Å². The van der Waals surface area contributed by atoms with Crippen LogP contribution >= 0.6 is 0 Å². The number of hydrogen-bond donors (Lipinski definition) is 1. The predicted molar refractivity (Wildman–Crippen MR) is 67.2 cm³/mol. The smallest absolute Gasteiger partial charge is 0.543 e. The highest BCUT2D eigenvalue weighted by molar-refractivity contribution is 5.81. The van der Waals surface area contributed by atoms with Gasteiger partial charge in [0.05, 0.1) is 0 Å². The molecule has 0 unspecified atom stereocenters. The maximum atomic E-state index is 11.6. The molecule has 0 fully saturated rings. The van der Waals surface area contributed by atoms with Gasteiger partial charge in [0.2, 0.25) is 6.04 Å². The van der Waals surface area contributed by atoms with E-state index in [4.69, 9.17) is 9.84 Å². The van der Waals surface area contributed by atoms with Crippen LogP contribution in [0.15, 0.2) is 30.3 Å². The molecule has 3 N–H and O–H groups in total. The van der Waals surface area contributed by atoms with E-state index in [-0.39, 0.29) is 0 Å². The minimum Gasteiger partial charge on any atom is -0.563 e. The molecule has 0 aliphatic heterocycles. The molecule has 18 heavy (non-hydrogen) atoms. The number of benzene rings is 1. The van der Waals surface area contributed by atoms with Crippen LogP contribution in [0.5, 0.6) is 0 Å². The quantitative estimate of drug-likeness (QED) is 0.828. The first-order valence-electron chi connectivity index (χ1n) is 5.59. The summed E-state index contributed by atoms with van der Waals surface area (Å²) in [6, 6.07) is 7.62. The number of ether oxygens (including phenoxy) is 1. The standard InChI is InChI=1S/C13H17NO4/c1-13(2,3)18-12(17)14-10(11(15)16)9-7-5-4-6-8-9/h4-8,10H,1-3H3,(H,14,17)(H,15,16)/p+1/t10-/m1/s1. The summed E-state index contributed by atoms with van der Waals surface area (Å²) in [5.41, 5.74) is -0.0838. The van der Waals surface area contributed by atoms with Gasteiger partial charge in [0.15, 0.2) is 0 Å². The van der Waals surface area contributed by atoms with E-state index in [1.54, 1.807) is 51.1 Å². The maximum Gasteiger partial charge on any atom is 0.543 e. The zero-order valence-corrected chi connectivity index (χ0v) is 10.7. The molecule has 0 aromatic heterocycles. The molecule has 5 nitrogen and oxygen atoms in total. The minimum absolute atomic E-state index is 0.559. The van der Waals surface area contributed by atoms with E-state index in [9.17, 15) is 9.59 Å². The summed E-state index contributed by atoms with van der Waals surface area (Å²) in [6.45, 7) is 5.19. The first-order valence-corrected chi connectivity index (χ1v) is 5.59. The summed E-state index contributed by atoms with van der Waals surface area (Å²) in [7, 11) is 0. The average molecular weight is 252 g/mol. The van der Waals surface area contributed by atoms with Gasteiger partial charge in [0.1, 0.15) is 5.60 Å². The molecule has 0 bridgehead atoms. The first-order chi connectivity index (χ1) is 8.29. The molecule has 0 radical (unpaired) electrons. The number of alkyl carbamates (subject to hydrolysis) is 1. The zero-order chi connectivity index (χ0) is 13.8. The Labute approximate surface area is 106 Å². The molecule has 98 valence electrons. The Hall–Kier alpha value is -2.04. The van der Waals surface area contributed by atoms with Gasteiger partial charge in [0, 0.05) is 4.79 Å². The number of rotatable bonds is 3. The fraction of sp³-hybridized carbons (Fsp3) is 0.385. The molecule has 0 aliphatic carbocycles. The van der Waals surface area contributed by atoms with Crippen molar-refractivity contribution < 1.29 is 19.4 Å². The third-order valence-electron chi connectivity index (χ3n) is 2.06. The van der Waals surface area contributed by atoms with Crippen LogP contribution in [0.4, 0.5) is 4.79 Å². The third kappa shape index (κ3) is 4.45. The fourth-order valence-electron chi connectivity index (χ4n) is 1.37. The SMILES string of the molecule is CC(C)(C)OC(=O)N[C@@H](C(=O)[OH2+])c1ccccc1. The molecule has 5 heteroatoms. The van der Waals surface area contributed by atoms with Gasteiger partial charge in [-0.1, -0.05) is 30.3 Å². The van der Waals surface area contributed by atoms with Crippen LogP contribution in [0, 0.1) is 0 Å². The summed E-state index contributed by atoms with van der Waals surface area (Å²) >= 11 is 0. The molecular weight excluding hydrogens is 234 g/mol. The van der Waals surface area contributed by atoms with Crippen molar-refractivity contribution in [1.29, 1.82) is 0 Å². The van der Waals surface area contributed by atoms with Gasteiger partial charge >= 0.3 is 12.1 Å². The highest BCUT2D eigenvalue weighted by Gasteiger charge is 2.30. The largest absolute Gasteiger partial charge is 0.563 e. The van der Waals surface area contributed by atoms with Crippen molar-refractivity contribution in [1.82, 2.24) is 5.32 Å². The third-order valence-corrected chi connectivity index (χ3v) is 2.06. The lowest BCUT2D eigenvalue weighted by atomic mass is 10.1. The first kappa shape index (κ1) is 14.0. The molecule has 0 aliphatic rings. The molecule has 0 saturated heterocycles. The van der Waals surface area contributed by atoms with E-state index >= 15 is 0 Å². The molecule has 1 amide bonds. The van der Waals surface area contributed by atoms with Crippen LogP contribution in [0.3, 0.4) is 0 Å². The average Bonchev–Trinajstić information content (AvgIpc) is 2.24. The molecule has 0 heterocycles. The minimum atomic E-state index is -0.999. The fourth-order valence-corrected chi connectivity index (χ4v) is 1.37. The van der Waals surface area contributed by atoms with Crippen molar-refractivity contribution in [2.24, 2.45) is 0 Å². The number of hydrogen-bond acceptors (Lipinski definition) is 3. The van der Waals surface area contributed by atoms with E-state index in [1.165, 1.54) is 0 Å². The van der Waals surface area contributed by atoms with Gasteiger partial charge in [-0.2, -0.15) is 0 Å². The Balaban J connectivity index is 2.77. The Morgan fingerprint density at radius 3 is 2.22 bits per heavy atom. The van der Waals surface area contributed by atoms with Gasteiger partial charge in [-0.25, -0.2) is 4.79 Å². The van der Waals surface area contributed by atoms with Gasteiger partial charge < -0.3 is 9.84 Å². The maximum absolute atomic E-state index is 11.6. The molecule has 0 spiro atoms. The lowest BCUT2D eigenvalue weighted by Gasteiger charge is -2.21. The zero-order valence-electron chi connectivity index (χ0n) is 10.7. The molecule has 1 atom stereocenters. The van der Waals surface area contributed by atoms with Gasteiger partial charge in [-0.3, -0.25) is 5.32 Å². The van der Waals surface area contributed by atoms with Crippen molar-refractivity contribution in [3.63, 3.8) is 0 Å². The second-order valence-electron chi connectivity index (χ2n) is 4.85. The van der Waals surface area contributed by atoms with Crippen LogP contribution < -0.4 is 5.32 Å². The summed E-state index contributed by atoms with van der Waals surface area (Å²) in [5.74, 6) is -0.882. The summed E-state index contributed by atoms with van der Waals surface area (Å²) in [5, 5.41) is 9.58. The molecule has 1 aromatic rings. The number of carbonyl (C=O) groups is 2. The van der Waals surface area contributed by atoms with Crippen molar-refractivity contribution >= 4 is 12.1 Å². The predicted octanol–water partition coefficient (Wildman–Crippen LogP) is 1.50. The normalized spacial score (nSPS) is 12.6. The molecular formula is C13H18NO4+. The van der Waals surface area contributed by atoms with Gasteiger partial charge in [-0.05, 0) is 26.3 Å². The Kier molecular flexibility index (Phi) is 4.31. The number of carbonyl (C=O) groups excluding carboxylic acids is 2. The lowest BCUT2D eigenvalue weighted by Crippen LogP contribution is -2.38. The van der Waals surface area contributed by atoms with E-state index in [0.717, 1.165) is 0 Å². The summed E-state index contributed by atoms with van der Waals surface area (Å²) < 4.78 is 5.05.